The van der Waals surface area contributed by atoms with Gasteiger partial charge in [-0.1, -0.05) is 36.8 Å². The molecule has 9 heteroatoms. The Balaban J connectivity index is 1.53. The van der Waals surface area contributed by atoms with E-state index in [1.807, 2.05) is 0 Å². The van der Waals surface area contributed by atoms with Crippen LogP contribution >= 0.6 is 0 Å². The van der Waals surface area contributed by atoms with Crippen molar-refractivity contribution in [1.82, 2.24) is 15.6 Å². The van der Waals surface area contributed by atoms with Gasteiger partial charge in [-0.25, -0.2) is 4.98 Å². The largest absolute Gasteiger partial charge is 0.507 e. The number of benzene rings is 3. The number of nitrogens with zero attached hydrogens (tertiary/aromatic N) is 2. The van der Waals surface area contributed by atoms with Gasteiger partial charge >= 0.3 is 0 Å². The Bertz CT molecular complexity index is 1660. The van der Waals surface area contributed by atoms with Crippen LogP contribution in [0.3, 0.4) is 0 Å². The SMILES string of the molecule is COc1cccc(C(=O)Nc2nc(-c3ccccc3O)cc(-c3cccc(C(=O)NCC4CCCCN4)c3)c2C#N)c1. The monoisotopic (exact) mass is 561 g/mol. The molecule has 3 aromatic carbocycles. The molecule has 212 valence electrons. The second-order valence-corrected chi connectivity index (χ2v) is 10.0. The summed E-state index contributed by atoms with van der Waals surface area (Å²) in [5, 5.41) is 30.0. The number of phenolic OH excluding ortho intramolecular Hbond substituents is 1. The van der Waals surface area contributed by atoms with Crippen molar-refractivity contribution in [2.75, 3.05) is 25.5 Å². The van der Waals surface area contributed by atoms with Crippen LogP contribution < -0.4 is 20.7 Å². The van der Waals surface area contributed by atoms with Crippen molar-refractivity contribution in [3.8, 4) is 40.0 Å². The minimum absolute atomic E-state index is 0.00446. The molecule has 42 heavy (non-hydrogen) atoms. The molecule has 1 unspecified atom stereocenters. The number of aromatic nitrogens is 1. The van der Waals surface area contributed by atoms with Gasteiger partial charge in [0.25, 0.3) is 11.8 Å². The van der Waals surface area contributed by atoms with Crippen molar-refractivity contribution in [3.05, 3.63) is 95.6 Å². The minimum Gasteiger partial charge on any atom is -0.507 e. The van der Waals surface area contributed by atoms with Crippen LogP contribution in [0.5, 0.6) is 11.5 Å². The van der Waals surface area contributed by atoms with Gasteiger partial charge in [-0.2, -0.15) is 5.26 Å². The molecule has 0 aliphatic carbocycles. The molecule has 4 N–H and O–H groups in total. The predicted octanol–water partition coefficient (Wildman–Crippen LogP) is 5.13. The molecule has 1 atom stereocenters. The number of piperidine rings is 1. The summed E-state index contributed by atoms with van der Waals surface area (Å²) in [7, 11) is 1.51. The fourth-order valence-electron chi connectivity index (χ4n) is 4.99. The van der Waals surface area contributed by atoms with E-state index < -0.39 is 5.91 Å². The lowest BCUT2D eigenvalue weighted by Crippen LogP contribution is -2.43. The second-order valence-electron chi connectivity index (χ2n) is 10.0. The molecule has 4 aromatic rings. The Hall–Kier alpha value is -5.20. The minimum atomic E-state index is -0.484. The Kier molecular flexibility index (Phi) is 8.75. The van der Waals surface area contributed by atoms with E-state index in [9.17, 15) is 20.0 Å². The van der Waals surface area contributed by atoms with Gasteiger partial charge in [0.2, 0.25) is 0 Å². The number of nitrogens with one attached hydrogen (secondary N) is 3. The van der Waals surface area contributed by atoms with Crippen LogP contribution in [0.25, 0.3) is 22.4 Å². The van der Waals surface area contributed by atoms with Gasteiger partial charge in [-0.05, 0) is 73.5 Å². The van der Waals surface area contributed by atoms with Gasteiger partial charge in [0.05, 0.1) is 12.8 Å². The average molecular weight is 562 g/mol. The van der Waals surface area contributed by atoms with Crippen LogP contribution in [0, 0.1) is 11.3 Å². The number of rotatable bonds is 8. The highest BCUT2D eigenvalue weighted by molar-refractivity contribution is 6.05. The summed E-state index contributed by atoms with van der Waals surface area (Å²) in [6, 6.07) is 24.4. The summed E-state index contributed by atoms with van der Waals surface area (Å²) in [6.07, 6.45) is 3.30. The van der Waals surface area contributed by atoms with Crippen molar-refractivity contribution in [2.24, 2.45) is 0 Å². The lowest BCUT2D eigenvalue weighted by atomic mass is 9.96. The molecule has 1 fully saturated rings. The number of methoxy groups -OCH3 is 1. The summed E-state index contributed by atoms with van der Waals surface area (Å²) < 4.78 is 5.24. The van der Waals surface area contributed by atoms with E-state index in [-0.39, 0.29) is 29.1 Å². The number of nitriles is 1. The molecule has 0 radical (unpaired) electrons. The number of pyridine rings is 1. The number of hydrogen-bond donors (Lipinski definition) is 4. The summed E-state index contributed by atoms with van der Waals surface area (Å²) in [6.45, 7) is 1.48. The molecule has 1 aliphatic rings. The molecule has 9 nitrogen and oxygen atoms in total. The van der Waals surface area contributed by atoms with Crippen LogP contribution in [0.2, 0.25) is 0 Å². The van der Waals surface area contributed by atoms with Crippen LogP contribution in [0.1, 0.15) is 45.5 Å². The first kappa shape index (κ1) is 28.3. The third-order valence-corrected chi connectivity index (χ3v) is 7.23. The Morgan fingerprint density at radius 3 is 2.52 bits per heavy atom. The molecular formula is C33H31N5O4. The van der Waals surface area contributed by atoms with Crippen molar-refractivity contribution in [3.63, 3.8) is 0 Å². The van der Waals surface area contributed by atoms with E-state index in [1.54, 1.807) is 72.8 Å². The van der Waals surface area contributed by atoms with Crippen LogP contribution in [-0.2, 0) is 0 Å². The molecule has 1 saturated heterocycles. The number of amides is 2. The second kappa shape index (κ2) is 13.0. The van der Waals surface area contributed by atoms with E-state index in [0.717, 1.165) is 25.8 Å². The van der Waals surface area contributed by atoms with Gasteiger partial charge in [0.15, 0.2) is 5.82 Å². The van der Waals surface area contributed by atoms with Gasteiger partial charge in [-0.3, -0.25) is 9.59 Å². The number of ether oxygens (including phenoxy) is 1. The lowest BCUT2D eigenvalue weighted by Gasteiger charge is -2.23. The predicted molar refractivity (Wildman–Crippen MR) is 160 cm³/mol. The maximum Gasteiger partial charge on any atom is 0.256 e. The topological polar surface area (TPSA) is 136 Å². The third-order valence-electron chi connectivity index (χ3n) is 7.23. The molecule has 0 spiro atoms. The number of para-hydroxylation sites is 1. The molecule has 0 saturated carbocycles. The zero-order valence-corrected chi connectivity index (χ0v) is 23.2. The van der Waals surface area contributed by atoms with Crippen molar-refractivity contribution in [2.45, 2.75) is 25.3 Å². The molecular weight excluding hydrogens is 530 g/mol. The van der Waals surface area contributed by atoms with Crippen LogP contribution in [0.15, 0.2) is 78.9 Å². The fraction of sp³-hybridized carbons (Fsp3) is 0.212. The fourth-order valence-corrected chi connectivity index (χ4v) is 4.99. The highest BCUT2D eigenvalue weighted by atomic mass is 16.5. The van der Waals surface area contributed by atoms with E-state index in [2.05, 4.69) is 27.0 Å². The van der Waals surface area contributed by atoms with E-state index in [1.165, 1.54) is 13.2 Å². The van der Waals surface area contributed by atoms with E-state index in [4.69, 9.17) is 4.74 Å². The summed E-state index contributed by atoms with van der Waals surface area (Å²) in [5.41, 5.74) is 2.70. The number of carbonyl (C=O) groups is 2. The maximum atomic E-state index is 13.2. The third kappa shape index (κ3) is 6.40. The van der Waals surface area contributed by atoms with Crippen molar-refractivity contribution in [1.29, 1.82) is 5.26 Å². The number of carbonyl (C=O) groups excluding carboxylic acids is 2. The highest BCUT2D eigenvalue weighted by Gasteiger charge is 2.21. The number of aromatic hydroxyl groups is 1. The van der Waals surface area contributed by atoms with Crippen molar-refractivity contribution < 1.29 is 19.4 Å². The van der Waals surface area contributed by atoms with Crippen molar-refractivity contribution >= 4 is 17.6 Å². The summed E-state index contributed by atoms with van der Waals surface area (Å²) in [4.78, 5) is 30.9. The quantitative estimate of drug-likeness (QED) is 0.234. The number of hydrogen-bond acceptors (Lipinski definition) is 7. The normalized spacial score (nSPS) is 14.4. The van der Waals surface area contributed by atoms with E-state index in [0.29, 0.717) is 45.8 Å². The smallest absolute Gasteiger partial charge is 0.256 e. The van der Waals surface area contributed by atoms with Gasteiger partial charge in [0, 0.05) is 34.8 Å². The van der Waals surface area contributed by atoms with Gasteiger partial charge < -0.3 is 25.8 Å². The Labute approximate surface area is 244 Å². The molecule has 5 rings (SSSR count). The Morgan fingerprint density at radius 2 is 1.79 bits per heavy atom. The first-order chi connectivity index (χ1) is 20.5. The number of anilines is 1. The van der Waals surface area contributed by atoms with Crippen LogP contribution in [-0.4, -0.2) is 48.1 Å². The molecule has 1 aromatic heterocycles. The summed E-state index contributed by atoms with van der Waals surface area (Å²) >= 11 is 0. The average Bonchev–Trinajstić information content (AvgIpc) is 3.04. The molecule has 2 heterocycles. The lowest BCUT2D eigenvalue weighted by molar-refractivity contribution is 0.0947. The number of phenols is 1. The highest BCUT2D eigenvalue weighted by Crippen LogP contribution is 2.36. The maximum absolute atomic E-state index is 13.2. The first-order valence-electron chi connectivity index (χ1n) is 13.8. The zero-order chi connectivity index (χ0) is 29.5. The Morgan fingerprint density at radius 1 is 1.00 bits per heavy atom. The molecule has 2 amide bonds. The van der Waals surface area contributed by atoms with Gasteiger partial charge in [0.1, 0.15) is 23.1 Å². The summed E-state index contributed by atoms with van der Waals surface area (Å²) in [5.74, 6) is -0.171. The molecule has 0 bridgehead atoms. The standard InChI is InChI=1S/C33H31N5O4/c1-42-25-12-7-10-23(17-25)33(41)38-31-28(19-34)27(18-29(37-31)26-13-2-3-14-30(26)39)21-8-6-9-22(16-21)32(40)36-20-24-11-4-5-15-35-24/h2-3,6-10,12-14,16-18,24,35,39H,4-5,11,15,20H2,1H3,(H,36,40)(H,37,38,41). The zero-order valence-electron chi connectivity index (χ0n) is 23.2. The van der Waals surface area contributed by atoms with Gasteiger partial charge in [-0.15, -0.1) is 0 Å². The molecule has 1 aliphatic heterocycles. The first-order valence-corrected chi connectivity index (χ1v) is 13.8. The van der Waals surface area contributed by atoms with E-state index >= 15 is 0 Å². The van der Waals surface area contributed by atoms with Crippen LogP contribution in [0.4, 0.5) is 5.82 Å².